The summed E-state index contributed by atoms with van der Waals surface area (Å²) >= 11 is -3.91. The zero-order valence-electron chi connectivity index (χ0n) is 1.80. The molecule has 0 aliphatic carbocycles. The molecule has 0 amide bonds. The summed E-state index contributed by atoms with van der Waals surface area (Å²) in [6.07, 6.45) is 0. The van der Waals surface area contributed by atoms with E-state index >= 15 is 0 Å². The standard InChI is InChI=1S/2H2O.O.Pb/h2*1H2;;/q;;;+2/p-2. The molecule has 0 fully saturated rings. The molecule has 0 heterocycles. The Morgan fingerprint density at radius 2 is 1.50 bits per heavy atom. The molecule has 4 heteroatoms. The van der Waals surface area contributed by atoms with E-state index in [1.807, 2.05) is 0 Å². The molecule has 3 nitrogen and oxygen atoms in total. The van der Waals surface area contributed by atoms with E-state index in [1.54, 1.807) is 0 Å². The third-order valence-electron chi connectivity index (χ3n) is 0. The third kappa shape index (κ3) is 17.3. The quantitative estimate of drug-likeness (QED) is 0.513. The van der Waals surface area contributed by atoms with Gasteiger partial charge in [-0.3, -0.25) is 0 Å². The van der Waals surface area contributed by atoms with Gasteiger partial charge < -0.3 is 0 Å². The molecule has 0 aromatic heterocycles. The van der Waals surface area contributed by atoms with Crippen molar-refractivity contribution in [2.45, 2.75) is 0 Å². The molecule has 4 heavy (non-hydrogen) atoms. The molecule has 0 spiro atoms. The Morgan fingerprint density at radius 3 is 1.50 bits per heavy atom. The van der Waals surface area contributed by atoms with Crippen LogP contribution in [0.15, 0.2) is 0 Å². The van der Waals surface area contributed by atoms with Crippen LogP contribution < -0.4 is 0 Å². The van der Waals surface area contributed by atoms with Crippen LogP contribution in [0.3, 0.4) is 0 Å². The van der Waals surface area contributed by atoms with Crippen molar-refractivity contribution in [3.63, 3.8) is 0 Å². The molecule has 0 aliphatic heterocycles. The summed E-state index contributed by atoms with van der Waals surface area (Å²) in [6, 6.07) is 0. The Balaban J connectivity index is 2.80. The maximum absolute atomic E-state index is 8.85. The second-order valence-corrected chi connectivity index (χ2v) is 2.48. The molecule has 0 aromatic carbocycles. The first kappa shape index (κ1) is 4.64. The van der Waals surface area contributed by atoms with Crippen molar-refractivity contribution in [1.29, 1.82) is 0 Å². The van der Waals surface area contributed by atoms with Crippen molar-refractivity contribution in [2.24, 2.45) is 0 Å². The van der Waals surface area contributed by atoms with Crippen LogP contribution in [-0.2, 0) is 2.69 Å². The van der Waals surface area contributed by atoms with Crippen LogP contribution in [0.4, 0.5) is 0 Å². The zero-order valence-corrected chi connectivity index (χ0v) is 5.69. The summed E-state index contributed by atoms with van der Waals surface area (Å²) in [6.45, 7) is 0. The van der Waals surface area contributed by atoms with E-state index in [1.165, 1.54) is 0 Å². The van der Waals surface area contributed by atoms with Crippen molar-refractivity contribution in [1.82, 2.24) is 0 Å². The van der Waals surface area contributed by atoms with Gasteiger partial charge in [0.15, 0.2) is 0 Å². The third-order valence-corrected chi connectivity index (χ3v) is 0. The molecule has 0 aliphatic rings. The molecule has 0 saturated heterocycles. The van der Waals surface area contributed by atoms with Gasteiger partial charge in [0.05, 0.1) is 0 Å². The first-order chi connectivity index (χ1) is 1.73. The van der Waals surface area contributed by atoms with Gasteiger partial charge in [-0.25, -0.2) is 0 Å². The number of hydrogen-bond acceptors (Lipinski definition) is 1. The van der Waals surface area contributed by atoms with Crippen LogP contribution in [0.1, 0.15) is 0 Å². The summed E-state index contributed by atoms with van der Waals surface area (Å²) in [5.41, 5.74) is 0. The number of hydrogen-bond donors (Lipinski definition) is 2. The van der Waals surface area contributed by atoms with Gasteiger partial charge in [-0.05, 0) is 0 Å². The molecule has 24 valence electrons. The molecule has 0 bridgehead atoms. The fourth-order valence-electron chi connectivity index (χ4n) is 0. The predicted octanol–water partition coefficient (Wildman–Crippen LogP) is -1.61. The minimum absolute atomic E-state index is 3.91. The van der Waals surface area contributed by atoms with E-state index in [9.17, 15) is 0 Å². The Bertz CT molecular complexity index is 26.3. The van der Waals surface area contributed by atoms with Crippen molar-refractivity contribution in [3.8, 4) is 0 Å². The SMILES string of the molecule is [O]=[Pb]([OH])[OH]. The van der Waals surface area contributed by atoms with Gasteiger partial charge in [-0.2, -0.15) is 0 Å². The van der Waals surface area contributed by atoms with Gasteiger partial charge in [0.1, 0.15) is 0 Å². The molecular weight excluding hydrogens is 255 g/mol. The Kier molecular flexibility index (Phi) is 2.22. The van der Waals surface area contributed by atoms with Gasteiger partial charge in [0, 0.05) is 0 Å². The summed E-state index contributed by atoms with van der Waals surface area (Å²) in [4.78, 5) is 0. The molecule has 0 radical (unpaired) electrons. The van der Waals surface area contributed by atoms with Gasteiger partial charge >= 0.3 is 32.4 Å². The van der Waals surface area contributed by atoms with Crippen molar-refractivity contribution in [3.05, 3.63) is 0 Å². The summed E-state index contributed by atoms with van der Waals surface area (Å²) in [5.74, 6) is 0. The predicted molar refractivity (Wildman–Crippen MR) is 10.9 cm³/mol. The van der Waals surface area contributed by atoms with Crippen LogP contribution >= 0.6 is 0 Å². The average Bonchev–Trinajstić information content (AvgIpc) is 0.811. The molecule has 0 rings (SSSR count). The fourth-order valence-corrected chi connectivity index (χ4v) is 0. The van der Waals surface area contributed by atoms with E-state index < -0.39 is 23.6 Å². The second-order valence-electron chi connectivity index (χ2n) is 0.283. The molecule has 0 atom stereocenters. The molecule has 0 unspecified atom stereocenters. The van der Waals surface area contributed by atoms with Crippen molar-refractivity contribution >= 4 is 23.6 Å². The summed E-state index contributed by atoms with van der Waals surface area (Å²) < 4.78 is 23.4. The monoisotopic (exact) mass is 258 g/mol. The van der Waals surface area contributed by atoms with Crippen LogP contribution in [0.5, 0.6) is 0 Å². The van der Waals surface area contributed by atoms with Gasteiger partial charge in [-0.15, -0.1) is 0 Å². The fraction of sp³-hybridized carbons (Fsp3) is 0. The van der Waals surface area contributed by atoms with E-state index in [4.69, 9.17) is 8.80 Å². The number of rotatable bonds is 0. The maximum atomic E-state index is 8.85. The molecular formula is H2O3Pb. The molecule has 0 aromatic rings. The van der Waals surface area contributed by atoms with Crippen LogP contribution in [0.2, 0.25) is 0 Å². The minimum atomic E-state index is -3.91. The zero-order chi connectivity index (χ0) is 3.58. The summed E-state index contributed by atoms with van der Waals surface area (Å²) in [7, 11) is 0. The van der Waals surface area contributed by atoms with E-state index in [2.05, 4.69) is 0 Å². The molecule has 2 N–H and O–H groups in total. The van der Waals surface area contributed by atoms with Gasteiger partial charge in [0.25, 0.3) is 0 Å². The normalized spacial score (nSPS) is 6.50. The first-order valence-electron chi connectivity index (χ1n) is 0.651. The van der Waals surface area contributed by atoms with Crippen LogP contribution in [0.25, 0.3) is 0 Å². The van der Waals surface area contributed by atoms with E-state index in [0.717, 1.165) is 0 Å². The van der Waals surface area contributed by atoms with Crippen LogP contribution in [-0.4, -0.2) is 29.7 Å². The Labute approximate surface area is 32.8 Å². The van der Waals surface area contributed by atoms with E-state index in [-0.39, 0.29) is 0 Å². The average molecular weight is 257 g/mol. The Hall–Kier alpha value is 0.642. The second kappa shape index (κ2) is 1.92. The topological polar surface area (TPSA) is 57.5 Å². The first-order valence-corrected chi connectivity index (χ1v) is 5.72. The van der Waals surface area contributed by atoms with Gasteiger partial charge in [-0.1, -0.05) is 0 Å². The molecule has 0 saturated carbocycles. The van der Waals surface area contributed by atoms with Crippen molar-refractivity contribution in [2.75, 3.05) is 0 Å². The van der Waals surface area contributed by atoms with Crippen molar-refractivity contribution < 1.29 is 8.80 Å². The van der Waals surface area contributed by atoms with Crippen LogP contribution in [0, 0.1) is 0 Å². The summed E-state index contributed by atoms with van der Waals surface area (Å²) in [5, 5.41) is 0. The van der Waals surface area contributed by atoms with Gasteiger partial charge in [0.2, 0.25) is 0 Å². The van der Waals surface area contributed by atoms with E-state index in [0.29, 0.717) is 0 Å². The Morgan fingerprint density at radius 1 is 1.50 bits per heavy atom.